The van der Waals surface area contributed by atoms with Gasteiger partial charge in [0.15, 0.2) is 0 Å². The smallest absolute Gasteiger partial charge is 0.408 e. The first-order valence-corrected chi connectivity index (χ1v) is 5.43. The first kappa shape index (κ1) is 11.3. The highest BCUT2D eigenvalue weighted by Crippen LogP contribution is 2.27. The summed E-state index contributed by atoms with van der Waals surface area (Å²) in [4.78, 5) is 11.7. The molecule has 0 aromatic carbocycles. The van der Waals surface area contributed by atoms with Crippen molar-refractivity contribution in [3.05, 3.63) is 11.8 Å². The molecule has 2 rings (SSSR count). The van der Waals surface area contributed by atoms with Gasteiger partial charge in [-0.2, -0.15) is 0 Å². The van der Waals surface area contributed by atoms with Gasteiger partial charge in [0.05, 0.1) is 13.2 Å². The summed E-state index contributed by atoms with van der Waals surface area (Å²) in [6, 6.07) is 0. The maximum Gasteiger partial charge on any atom is 0.408 e. The van der Waals surface area contributed by atoms with Gasteiger partial charge >= 0.3 is 6.09 Å². The average Bonchev–Trinajstić information content (AvgIpc) is 2.57. The van der Waals surface area contributed by atoms with E-state index in [-0.39, 0.29) is 0 Å². The zero-order chi connectivity index (χ0) is 11.8. The molecule has 0 aliphatic carbocycles. The van der Waals surface area contributed by atoms with Gasteiger partial charge in [-0.15, -0.1) is 0 Å². The molecular weight excluding hydrogens is 208 g/mol. The van der Waals surface area contributed by atoms with Crippen molar-refractivity contribution in [2.24, 2.45) is 0 Å². The average molecular weight is 226 g/mol. The molecule has 0 unspecified atom stereocenters. The van der Waals surface area contributed by atoms with E-state index in [1.807, 2.05) is 27.0 Å². The van der Waals surface area contributed by atoms with Crippen LogP contribution in [0.15, 0.2) is 11.8 Å². The lowest BCUT2D eigenvalue weighted by molar-refractivity contribution is 0.0456. The third-order valence-corrected chi connectivity index (χ3v) is 2.64. The van der Waals surface area contributed by atoms with Crippen molar-refractivity contribution in [2.45, 2.75) is 31.9 Å². The van der Waals surface area contributed by atoms with Crippen molar-refractivity contribution in [3.63, 3.8) is 0 Å². The molecule has 5 nitrogen and oxygen atoms in total. The first-order valence-electron chi connectivity index (χ1n) is 5.43. The third kappa shape index (κ3) is 2.14. The van der Waals surface area contributed by atoms with Crippen LogP contribution in [0.25, 0.3) is 0 Å². The van der Waals surface area contributed by atoms with Crippen molar-refractivity contribution in [1.29, 1.82) is 0 Å². The highest BCUT2D eigenvalue weighted by atomic mass is 16.6. The number of alkyl carbamates (subject to hydrolysis) is 1. The van der Waals surface area contributed by atoms with E-state index >= 15 is 0 Å². The minimum atomic E-state index is -0.476. The molecule has 1 saturated heterocycles. The molecule has 5 heteroatoms. The Hall–Kier alpha value is -1.23. The van der Waals surface area contributed by atoms with Gasteiger partial charge in [-0.3, -0.25) is 0 Å². The summed E-state index contributed by atoms with van der Waals surface area (Å²) in [6.45, 7) is 7.28. The van der Waals surface area contributed by atoms with Crippen molar-refractivity contribution in [3.8, 4) is 0 Å². The Morgan fingerprint density at radius 3 is 3.06 bits per heavy atom. The van der Waals surface area contributed by atoms with Crippen LogP contribution in [0.2, 0.25) is 0 Å². The fourth-order valence-corrected chi connectivity index (χ4v) is 1.92. The lowest BCUT2D eigenvalue weighted by Crippen LogP contribution is -2.54. The van der Waals surface area contributed by atoms with E-state index in [2.05, 4.69) is 10.6 Å². The lowest BCUT2D eigenvalue weighted by atomic mass is 9.97. The molecule has 0 aromatic rings. The SMILES string of the molecule is CC(C)(C)OC(=O)N[C@]12CNC=C1COC2. The fourth-order valence-electron chi connectivity index (χ4n) is 1.92. The maximum atomic E-state index is 11.7. The van der Waals surface area contributed by atoms with E-state index in [1.54, 1.807) is 0 Å². The molecule has 2 N–H and O–H groups in total. The van der Waals surface area contributed by atoms with Gasteiger partial charge in [0.1, 0.15) is 11.1 Å². The standard InChI is InChI=1S/C11H18N2O3/c1-10(2,3)16-9(14)13-11-6-12-4-8(11)5-15-7-11/h4,12H,5-7H2,1-3H3,(H,13,14)/t11-/m0/s1. The Labute approximate surface area is 95.2 Å². The van der Waals surface area contributed by atoms with Gasteiger partial charge in [0.2, 0.25) is 0 Å². The molecule has 2 aliphatic heterocycles. The van der Waals surface area contributed by atoms with E-state index < -0.39 is 17.2 Å². The van der Waals surface area contributed by atoms with Gasteiger partial charge in [-0.1, -0.05) is 0 Å². The second-order valence-electron chi connectivity index (χ2n) is 5.25. The van der Waals surface area contributed by atoms with Crippen molar-refractivity contribution in [2.75, 3.05) is 19.8 Å². The predicted molar refractivity (Wildman–Crippen MR) is 59.0 cm³/mol. The predicted octanol–water partition coefficient (Wildman–Crippen LogP) is 0.767. The van der Waals surface area contributed by atoms with E-state index in [4.69, 9.17) is 9.47 Å². The van der Waals surface area contributed by atoms with E-state index in [0.717, 1.165) is 5.57 Å². The third-order valence-electron chi connectivity index (χ3n) is 2.64. The highest BCUT2D eigenvalue weighted by Gasteiger charge is 2.44. The zero-order valence-electron chi connectivity index (χ0n) is 9.92. The van der Waals surface area contributed by atoms with Crippen LogP contribution in [0.3, 0.4) is 0 Å². The molecule has 1 atom stereocenters. The number of fused-ring (bicyclic) bond motifs is 1. The van der Waals surface area contributed by atoms with Crippen LogP contribution in [0.5, 0.6) is 0 Å². The molecule has 0 bridgehead atoms. The van der Waals surface area contributed by atoms with Crippen LogP contribution in [0, 0.1) is 0 Å². The number of amides is 1. The second-order valence-corrected chi connectivity index (χ2v) is 5.25. The Morgan fingerprint density at radius 2 is 2.38 bits per heavy atom. The number of ether oxygens (including phenoxy) is 2. The normalized spacial score (nSPS) is 28.1. The van der Waals surface area contributed by atoms with Gasteiger partial charge in [0, 0.05) is 18.3 Å². The van der Waals surface area contributed by atoms with E-state index in [0.29, 0.717) is 19.8 Å². The Bertz CT molecular complexity index is 333. The molecule has 1 amide bonds. The lowest BCUT2D eigenvalue weighted by Gasteiger charge is -2.28. The fraction of sp³-hybridized carbons (Fsp3) is 0.727. The highest BCUT2D eigenvalue weighted by molar-refractivity contribution is 5.70. The number of hydrogen-bond donors (Lipinski definition) is 2. The summed E-state index contributed by atoms with van der Waals surface area (Å²) >= 11 is 0. The number of nitrogens with one attached hydrogen (secondary N) is 2. The molecule has 0 aromatic heterocycles. The topological polar surface area (TPSA) is 59.6 Å². The molecular formula is C11H18N2O3. The van der Waals surface area contributed by atoms with Crippen LogP contribution in [-0.4, -0.2) is 37.0 Å². The van der Waals surface area contributed by atoms with Gasteiger partial charge in [-0.05, 0) is 20.8 Å². The van der Waals surface area contributed by atoms with E-state index in [1.165, 1.54) is 0 Å². The van der Waals surface area contributed by atoms with Crippen molar-refractivity contribution < 1.29 is 14.3 Å². The summed E-state index contributed by atoms with van der Waals surface area (Å²) in [7, 11) is 0. The summed E-state index contributed by atoms with van der Waals surface area (Å²) < 4.78 is 10.6. The summed E-state index contributed by atoms with van der Waals surface area (Å²) in [5.74, 6) is 0. The summed E-state index contributed by atoms with van der Waals surface area (Å²) in [6.07, 6.45) is 1.51. The quantitative estimate of drug-likeness (QED) is 0.693. The van der Waals surface area contributed by atoms with Crippen molar-refractivity contribution >= 4 is 6.09 Å². The Balaban J connectivity index is 1.99. The molecule has 16 heavy (non-hydrogen) atoms. The first-order chi connectivity index (χ1) is 7.41. The molecule has 2 aliphatic rings. The van der Waals surface area contributed by atoms with Crippen LogP contribution in [0.4, 0.5) is 4.79 Å². The van der Waals surface area contributed by atoms with Gasteiger partial charge < -0.3 is 20.1 Å². The minimum absolute atomic E-state index is 0.396. The largest absolute Gasteiger partial charge is 0.444 e. The van der Waals surface area contributed by atoms with Crippen molar-refractivity contribution in [1.82, 2.24) is 10.6 Å². The number of rotatable bonds is 1. The minimum Gasteiger partial charge on any atom is -0.444 e. The Kier molecular flexibility index (Phi) is 2.58. The number of hydrogen-bond acceptors (Lipinski definition) is 4. The molecule has 0 radical (unpaired) electrons. The number of carbonyl (C=O) groups excluding carboxylic acids is 1. The second kappa shape index (κ2) is 3.66. The van der Waals surface area contributed by atoms with Gasteiger partial charge in [-0.25, -0.2) is 4.79 Å². The molecule has 0 spiro atoms. The van der Waals surface area contributed by atoms with Crippen LogP contribution in [0.1, 0.15) is 20.8 Å². The summed E-state index contributed by atoms with van der Waals surface area (Å²) in [5, 5.41) is 6.01. The Morgan fingerprint density at radius 1 is 1.62 bits per heavy atom. The summed E-state index contributed by atoms with van der Waals surface area (Å²) in [5.41, 5.74) is 0.205. The van der Waals surface area contributed by atoms with Crippen LogP contribution >= 0.6 is 0 Å². The van der Waals surface area contributed by atoms with Gasteiger partial charge in [0.25, 0.3) is 0 Å². The number of carbonyl (C=O) groups is 1. The molecule has 2 heterocycles. The molecule has 1 fully saturated rings. The van der Waals surface area contributed by atoms with Crippen LogP contribution < -0.4 is 10.6 Å². The maximum absolute atomic E-state index is 11.7. The molecule has 90 valence electrons. The molecule has 0 saturated carbocycles. The zero-order valence-corrected chi connectivity index (χ0v) is 9.92. The van der Waals surface area contributed by atoms with E-state index in [9.17, 15) is 4.79 Å². The monoisotopic (exact) mass is 226 g/mol. The van der Waals surface area contributed by atoms with Crippen LogP contribution in [-0.2, 0) is 9.47 Å².